The standard InChI is InChI=1S/C26H32N6O3/c1-26(2,27)25(35)31-22(11-16-13-28-20-9-5-3-7-18(16)20)24(34)32-23(30-15-33)12-17-14-29-21-10-6-4-8-19(17)21/h3-10,13,15,17,22-23,28-29H,11-12,14,27H2,1-2H3,(H,30,33)(H,31,35)(H,32,34)/t17?,22-,23-/m1/s1. The fourth-order valence-electron chi connectivity index (χ4n) is 4.45. The van der Waals surface area contributed by atoms with Crippen LogP contribution in [0.5, 0.6) is 0 Å². The van der Waals surface area contributed by atoms with Gasteiger partial charge in [-0.15, -0.1) is 0 Å². The lowest BCUT2D eigenvalue weighted by Crippen LogP contribution is -2.58. The van der Waals surface area contributed by atoms with Crippen LogP contribution in [0, 0.1) is 0 Å². The maximum absolute atomic E-state index is 13.4. The second-order valence-electron chi connectivity index (χ2n) is 9.56. The highest BCUT2D eigenvalue weighted by Crippen LogP contribution is 2.33. The van der Waals surface area contributed by atoms with Crippen molar-refractivity contribution in [2.24, 2.45) is 5.73 Å². The normalized spacial score (nSPS) is 16.6. The van der Waals surface area contributed by atoms with Gasteiger partial charge >= 0.3 is 0 Å². The summed E-state index contributed by atoms with van der Waals surface area (Å²) in [5, 5.41) is 12.8. The molecule has 1 aromatic heterocycles. The molecule has 0 fully saturated rings. The molecule has 3 amide bonds. The molecule has 35 heavy (non-hydrogen) atoms. The zero-order valence-corrected chi connectivity index (χ0v) is 19.9. The summed E-state index contributed by atoms with van der Waals surface area (Å²) >= 11 is 0. The minimum atomic E-state index is -1.15. The first-order valence-electron chi connectivity index (χ1n) is 11.7. The van der Waals surface area contributed by atoms with E-state index in [0.29, 0.717) is 19.4 Å². The summed E-state index contributed by atoms with van der Waals surface area (Å²) in [7, 11) is 0. The first-order chi connectivity index (χ1) is 16.8. The van der Waals surface area contributed by atoms with Crippen molar-refractivity contribution < 1.29 is 14.4 Å². The van der Waals surface area contributed by atoms with E-state index in [1.165, 1.54) is 0 Å². The molecule has 7 N–H and O–H groups in total. The van der Waals surface area contributed by atoms with Gasteiger partial charge in [0.1, 0.15) is 12.2 Å². The lowest BCUT2D eigenvalue weighted by Gasteiger charge is -2.27. The molecule has 1 aliphatic heterocycles. The number of nitrogens with one attached hydrogen (secondary N) is 5. The van der Waals surface area contributed by atoms with Gasteiger partial charge in [-0.3, -0.25) is 14.4 Å². The number of hydrogen-bond acceptors (Lipinski definition) is 5. The predicted molar refractivity (Wildman–Crippen MR) is 136 cm³/mol. The molecule has 3 atom stereocenters. The van der Waals surface area contributed by atoms with Gasteiger partial charge < -0.3 is 32.0 Å². The molecular formula is C26H32N6O3. The van der Waals surface area contributed by atoms with Crippen LogP contribution in [0.2, 0.25) is 0 Å². The molecule has 1 aliphatic rings. The van der Waals surface area contributed by atoms with Crippen LogP contribution in [-0.4, -0.2) is 47.5 Å². The molecule has 2 heterocycles. The molecule has 0 radical (unpaired) electrons. The second kappa shape index (κ2) is 10.2. The molecule has 0 saturated heterocycles. The highest BCUT2D eigenvalue weighted by atomic mass is 16.2. The maximum Gasteiger partial charge on any atom is 0.244 e. The first-order valence-corrected chi connectivity index (χ1v) is 11.7. The molecule has 184 valence electrons. The summed E-state index contributed by atoms with van der Waals surface area (Å²) in [5.41, 5.74) is 8.87. The van der Waals surface area contributed by atoms with E-state index in [4.69, 9.17) is 5.73 Å². The summed E-state index contributed by atoms with van der Waals surface area (Å²) in [6.07, 6.45) is 2.58. The lowest BCUT2D eigenvalue weighted by molar-refractivity contribution is -0.131. The average molecular weight is 477 g/mol. The summed E-state index contributed by atoms with van der Waals surface area (Å²) in [5.74, 6) is -0.716. The van der Waals surface area contributed by atoms with Crippen molar-refractivity contribution in [3.05, 3.63) is 65.9 Å². The Balaban J connectivity index is 1.52. The molecule has 3 aromatic rings. The quantitative estimate of drug-likeness (QED) is 0.195. The summed E-state index contributed by atoms with van der Waals surface area (Å²) in [6, 6.07) is 14.9. The van der Waals surface area contributed by atoms with E-state index in [2.05, 4.69) is 26.3 Å². The van der Waals surface area contributed by atoms with E-state index in [1.807, 2.05) is 54.7 Å². The SMILES string of the molecule is CC(C)(N)C(=O)N[C@H](Cc1c[nH]c2ccccc12)C(=O)N[C@H](CC1CNc2ccccc21)NC=O. The van der Waals surface area contributed by atoms with Gasteiger partial charge in [0.05, 0.1) is 5.54 Å². The van der Waals surface area contributed by atoms with Crippen molar-refractivity contribution in [2.45, 2.75) is 50.4 Å². The number of hydrogen-bond donors (Lipinski definition) is 6. The van der Waals surface area contributed by atoms with Crippen molar-refractivity contribution >= 4 is 34.8 Å². The number of rotatable bonds is 10. The number of nitrogens with two attached hydrogens (primary N) is 1. The topological polar surface area (TPSA) is 141 Å². The number of para-hydroxylation sites is 2. The maximum atomic E-state index is 13.4. The van der Waals surface area contributed by atoms with Crippen LogP contribution >= 0.6 is 0 Å². The van der Waals surface area contributed by atoms with Gasteiger partial charge in [-0.05, 0) is 43.5 Å². The monoisotopic (exact) mass is 476 g/mol. The second-order valence-corrected chi connectivity index (χ2v) is 9.56. The molecule has 4 rings (SSSR count). The fraction of sp³-hybridized carbons (Fsp3) is 0.346. The molecule has 0 saturated carbocycles. The predicted octanol–water partition coefficient (Wildman–Crippen LogP) is 1.72. The summed E-state index contributed by atoms with van der Waals surface area (Å²) in [4.78, 5) is 40.6. The van der Waals surface area contributed by atoms with Crippen LogP contribution < -0.4 is 27.0 Å². The Morgan fingerprint density at radius 3 is 2.66 bits per heavy atom. The van der Waals surface area contributed by atoms with Crippen LogP contribution in [0.25, 0.3) is 10.9 Å². The number of anilines is 1. The van der Waals surface area contributed by atoms with E-state index in [-0.39, 0.29) is 12.3 Å². The Morgan fingerprint density at radius 2 is 1.89 bits per heavy atom. The van der Waals surface area contributed by atoms with E-state index >= 15 is 0 Å². The number of aromatic nitrogens is 1. The number of carbonyl (C=O) groups excluding carboxylic acids is 3. The Labute approximate surface area is 204 Å². The van der Waals surface area contributed by atoms with Gasteiger partial charge in [0.2, 0.25) is 18.2 Å². The molecule has 9 heteroatoms. The third-order valence-electron chi connectivity index (χ3n) is 6.35. The fourth-order valence-corrected chi connectivity index (χ4v) is 4.45. The Hall–Kier alpha value is -3.85. The largest absolute Gasteiger partial charge is 0.384 e. The Morgan fingerprint density at radius 1 is 1.14 bits per heavy atom. The number of benzene rings is 2. The lowest BCUT2D eigenvalue weighted by atomic mass is 9.96. The summed E-state index contributed by atoms with van der Waals surface area (Å²) in [6.45, 7) is 3.89. The molecular weight excluding hydrogens is 444 g/mol. The van der Waals surface area contributed by atoms with Gasteiger partial charge in [-0.25, -0.2) is 0 Å². The zero-order chi connectivity index (χ0) is 25.0. The van der Waals surface area contributed by atoms with Gasteiger partial charge in [0.15, 0.2) is 0 Å². The van der Waals surface area contributed by atoms with Crippen molar-refractivity contribution in [2.75, 3.05) is 11.9 Å². The smallest absolute Gasteiger partial charge is 0.244 e. The number of amides is 3. The van der Waals surface area contributed by atoms with Crippen molar-refractivity contribution in [3.8, 4) is 0 Å². The molecule has 0 spiro atoms. The van der Waals surface area contributed by atoms with Crippen LogP contribution in [-0.2, 0) is 20.8 Å². The van der Waals surface area contributed by atoms with E-state index in [9.17, 15) is 14.4 Å². The zero-order valence-electron chi connectivity index (χ0n) is 19.9. The highest BCUT2D eigenvalue weighted by molar-refractivity contribution is 5.92. The molecule has 0 aliphatic carbocycles. The third kappa shape index (κ3) is 5.63. The average Bonchev–Trinajstić information content (AvgIpc) is 3.42. The van der Waals surface area contributed by atoms with Crippen LogP contribution in [0.15, 0.2) is 54.7 Å². The Bertz CT molecular complexity index is 1220. The van der Waals surface area contributed by atoms with Gasteiger partial charge in [0.25, 0.3) is 0 Å². The van der Waals surface area contributed by atoms with Crippen molar-refractivity contribution in [1.82, 2.24) is 20.9 Å². The first kappa shape index (κ1) is 24.3. The van der Waals surface area contributed by atoms with E-state index in [1.54, 1.807) is 13.8 Å². The molecule has 0 bridgehead atoms. The molecule has 9 nitrogen and oxygen atoms in total. The van der Waals surface area contributed by atoms with Gasteiger partial charge in [-0.1, -0.05) is 36.4 Å². The number of carbonyl (C=O) groups is 3. The summed E-state index contributed by atoms with van der Waals surface area (Å²) < 4.78 is 0. The van der Waals surface area contributed by atoms with Gasteiger partial charge in [0, 0.05) is 41.7 Å². The van der Waals surface area contributed by atoms with Crippen LogP contribution in [0.1, 0.15) is 37.3 Å². The Kier molecular flexibility index (Phi) is 7.07. The van der Waals surface area contributed by atoms with E-state index in [0.717, 1.165) is 27.7 Å². The third-order valence-corrected chi connectivity index (χ3v) is 6.35. The van der Waals surface area contributed by atoms with Crippen molar-refractivity contribution in [1.29, 1.82) is 0 Å². The van der Waals surface area contributed by atoms with Crippen LogP contribution in [0.3, 0.4) is 0 Å². The van der Waals surface area contributed by atoms with Gasteiger partial charge in [-0.2, -0.15) is 0 Å². The molecule has 2 aromatic carbocycles. The number of H-pyrrole nitrogens is 1. The minimum absolute atomic E-state index is 0.119. The highest BCUT2D eigenvalue weighted by Gasteiger charge is 2.31. The van der Waals surface area contributed by atoms with E-state index < -0.39 is 29.6 Å². The number of fused-ring (bicyclic) bond motifs is 2. The van der Waals surface area contributed by atoms with Crippen LogP contribution in [0.4, 0.5) is 5.69 Å². The molecule has 1 unspecified atom stereocenters. The van der Waals surface area contributed by atoms with Crippen molar-refractivity contribution in [3.63, 3.8) is 0 Å². The number of aromatic amines is 1. The minimum Gasteiger partial charge on any atom is -0.384 e.